The average Bonchev–Trinajstić information content (AvgIpc) is 1.98. The zero-order chi connectivity index (χ0) is 8.69. The summed E-state index contributed by atoms with van der Waals surface area (Å²) in [5, 5.41) is 0. The van der Waals surface area contributed by atoms with E-state index in [1.165, 1.54) is 0 Å². The molecule has 1 nitrogen and oxygen atoms in total. The van der Waals surface area contributed by atoms with Gasteiger partial charge in [-0.05, 0) is 18.1 Å². The molecule has 0 rings (SSSR count). The molecule has 0 spiro atoms. The zero-order valence-corrected chi connectivity index (χ0v) is 7.50. The SMILES string of the molecule is C=CC(=CC=CC(C)C)OC. The van der Waals surface area contributed by atoms with Gasteiger partial charge in [0.05, 0.1) is 7.11 Å². The maximum Gasteiger partial charge on any atom is 0.118 e. The smallest absolute Gasteiger partial charge is 0.118 e. The summed E-state index contributed by atoms with van der Waals surface area (Å²) >= 11 is 0. The highest BCUT2D eigenvalue weighted by atomic mass is 16.5. The van der Waals surface area contributed by atoms with Gasteiger partial charge in [-0.1, -0.05) is 32.6 Å². The summed E-state index contributed by atoms with van der Waals surface area (Å²) in [5.41, 5.74) is 0. The normalized spacial score (nSPS) is 12.5. The zero-order valence-electron chi connectivity index (χ0n) is 7.50. The first-order valence-electron chi connectivity index (χ1n) is 3.75. The Labute approximate surface area is 69.1 Å². The van der Waals surface area contributed by atoms with Crippen LogP contribution in [0.15, 0.2) is 36.6 Å². The lowest BCUT2D eigenvalue weighted by atomic mass is 10.2. The Morgan fingerprint density at radius 3 is 2.45 bits per heavy atom. The topological polar surface area (TPSA) is 9.23 Å². The molecule has 0 amide bonds. The van der Waals surface area contributed by atoms with Crippen molar-refractivity contribution in [3.63, 3.8) is 0 Å². The molecule has 1 heteroatoms. The lowest BCUT2D eigenvalue weighted by Crippen LogP contribution is -1.80. The molecule has 0 N–H and O–H groups in total. The highest BCUT2D eigenvalue weighted by Crippen LogP contribution is 1.98. The van der Waals surface area contributed by atoms with Crippen molar-refractivity contribution in [3.05, 3.63) is 36.6 Å². The van der Waals surface area contributed by atoms with E-state index >= 15 is 0 Å². The van der Waals surface area contributed by atoms with Gasteiger partial charge in [0.1, 0.15) is 5.76 Å². The van der Waals surface area contributed by atoms with E-state index in [2.05, 4.69) is 26.5 Å². The van der Waals surface area contributed by atoms with E-state index in [-0.39, 0.29) is 0 Å². The summed E-state index contributed by atoms with van der Waals surface area (Å²) in [6, 6.07) is 0. The van der Waals surface area contributed by atoms with Crippen LogP contribution in [0, 0.1) is 5.92 Å². The maximum atomic E-state index is 4.97. The summed E-state index contributed by atoms with van der Waals surface area (Å²) in [5.74, 6) is 1.37. The van der Waals surface area contributed by atoms with Crippen LogP contribution in [0.25, 0.3) is 0 Å². The third-order valence-corrected chi connectivity index (χ3v) is 1.19. The number of hydrogen-bond acceptors (Lipinski definition) is 1. The van der Waals surface area contributed by atoms with E-state index in [9.17, 15) is 0 Å². The second-order valence-electron chi connectivity index (χ2n) is 2.61. The van der Waals surface area contributed by atoms with Gasteiger partial charge in [-0.3, -0.25) is 0 Å². The van der Waals surface area contributed by atoms with Crippen molar-refractivity contribution >= 4 is 0 Å². The predicted molar refractivity (Wildman–Crippen MR) is 49.3 cm³/mol. The summed E-state index contributed by atoms with van der Waals surface area (Å²) < 4.78 is 4.97. The molecule has 0 aromatic carbocycles. The number of rotatable bonds is 4. The molecule has 0 aliphatic carbocycles. The van der Waals surface area contributed by atoms with Gasteiger partial charge in [-0.2, -0.15) is 0 Å². The van der Waals surface area contributed by atoms with E-state index in [0.717, 1.165) is 5.76 Å². The predicted octanol–water partition coefficient (Wildman–Crippen LogP) is 2.91. The van der Waals surface area contributed by atoms with E-state index in [1.54, 1.807) is 13.2 Å². The molecule has 0 bridgehead atoms. The van der Waals surface area contributed by atoms with Crippen LogP contribution in [-0.2, 0) is 4.74 Å². The van der Waals surface area contributed by atoms with Gasteiger partial charge in [0.2, 0.25) is 0 Å². The van der Waals surface area contributed by atoms with Gasteiger partial charge in [0.15, 0.2) is 0 Å². The van der Waals surface area contributed by atoms with Crippen molar-refractivity contribution < 1.29 is 4.74 Å². The molecule has 0 atom stereocenters. The molecular formula is C10H16O. The Morgan fingerprint density at radius 1 is 1.45 bits per heavy atom. The summed E-state index contributed by atoms with van der Waals surface area (Å²) in [7, 11) is 1.64. The third-order valence-electron chi connectivity index (χ3n) is 1.19. The Balaban J connectivity index is 3.97. The van der Waals surface area contributed by atoms with Crippen LogP contribution in [0.2, 0.25) is 0 Å². The number of ether oxygens (including phenoxy) is 1. The number of hydrogen-bond donors (Lipinski definition) is 0. The van der Waals surface area contributed by atoms with E-state index in [4.69, 9.17) is 4.74 Å². The Hall–Kier alpha value is -0.980. The lowest BCUT2D eigenvalue weighted by Gasteiger charge is -1.96. The van der Waals surface area contributed by atoms with Crippen molar-refractivity contribution in [2.75, 3.05) is 7.11 Å². The molecule has 0 aliphatic rings. The largest absolute Gasteiger partial charge is 0.497 e. The molecule has 0 aliphatic heterocycles. The fraction of sp³-hybridized carbons (Fsp3) is 0.400. The minimum Gasteiger partial charge on any atom is -0.497 e. The quantitative estimate of drug-likeness (QED) is 0.444. The van der Waals surface area contributed by atoms with Crippen molar-refractivity contribution in [1.82, 2.24) is 0 Å². The van der Waals surface area contributed by atoms with Crippen molar-refractivity contribution in [2.45, 2.75) is 13.8 Å². The first-order valence-corrected chi connectivity index (χ1v) is 3.75. The van der Waals surface area contributed by atoms with Crippen LogP contribution in [0.4, 0.5) is 0 Å². The summed E-state index contributed by atoms with van der Waals surface area (Å²) in [6.45, 7) is 7.86. The van der Waals surface area contributed by atoms with Gasteiger partial charge in [-0.15, -0.1) is 0 Å². The van der Waals surface area contributed by atoms with Crippen LogP contribution >= 0.6 is 0 Å². The van der Waals surface area contributed by atoms with Crippen molar-refractivity contribution in [1.29, 1.82) is 0 Å². The molecule has 0 radical (unpaired) electrons. The van der Waals surface area contributed by atoms with Crippen molar-refractivity contribution in [3.8, 4) is 0 Å². The van der Waals surface area contributed by atoms with Gasteiger partial charge in [0, 0.05) is 0 Å². The molecule has 11 heavy (non-hydrogen) atoms. The molecule has 0 unspecified atom stereocenters. The minimum absolute atomic E-state index is 0.578. The lowest BCUT2D eigenvalue weighted by molar-refractivity contribution is 0.307. The van der Waals surface area contributed by atoms with Gasteiger partial charge in [-0.25, -0.2) is 0 Å². The van der Waals surface area contributed by atoms with Gasteiger partial charge in [0.25, 0.3) is 0 Å². The standard InChI is InChI=1S/C10H16O/c1-5-10(11-4)8-6-7-9(2)3/h5-9H,1H2,2-4H3. The number of methoxy groups -OCH3 is 1. The Morgan fingerprint density at radius 2 is 2.09 bits per heavy atom. The highest BCUT2D eigenvalue weighted by Gasteiger charge is 1.84. The average molecular weight is 152 g/mol. The van der Waals surface area contributed by atoms with Crippen LogP contribution < -0.4 is 0 Å². The Kier molecular flexibility index (Phi) is 5.26. The monoisotopic (exact) mass is 152 g/mol. The van der Waals surface area contributed by atoms with Crippen LogP contribution in [0.5, 0.6) is 0 Å². The highest BCUT2D eigenvalue weighted by molar-refractivity contribution is 5.16. The number of allylic oxidation sites excluding steroid dienone is 4. The maximum absolute atomic E-state index is 4.97. The molecule has 62 valence electrons. The van der Waals surface area contributed by atoms with Gasteiger partial charge >= 0.3 is 0 Å². The van der Waals surface area contributed by atoms with Crippen LogP contribution in [0.3, 0.4) is 0 Å². The molecule has 0 heterocycles. The van der Waals surface area contributed by atoms with E-state index in [0.29, 0.717) is 5.92 Å². The van der Waals surface area contributed by atoms with E-state index < -0.39 is 0 Å². The van der Waals surface area contributed by atoms with Gasteiger partial charge < -0.3 is 4.74 Å². The van der Waals surface area contributed by atoms with Crippen LogP contribution in [-0.4, -0.2) is 7.11 Å². The van der Waals surface area contributed by atoms with Crippen LogP contribution in [0.1, 0.15) is 13.8 Å². The third kappa shape index (κ3) is 5.46. The fourth-order valence-electron chi connectivity index (χ4n) is 0.592. The molecule has 0 saturated carbocycles. The summed E-state index contributed by atoms with van der Waals surface area (Å²) in [6.07, 6.45) is 7.66. The first kappa shape index (κ1) is 10.0. The Bertz CT molecular complexity index is 164. The molecule has 0 saturated heterocycles. The fourth-order valence-corrected chi connectivity index (χ4v) is 0.592. The molecule has 0 aromatic rings. The second-order valence-corrected chi connectivity index (χ2v) is 2.61. The summed E-state index contributed by atoms with van der Waals surface area (Å²) in [4.78, 5) is 0. The second kappa shape index (κ2) is 5.78. The molecule has 0 fully saturated rings. The van der Waals surface area contributed by atoms with E-state index in [1.807, 2.05) is 12.2 Å². The molecular weight excluding hydrogens is 136 g/mol. The first-order chi connectivity index (χ1) is 5.20. The molecule has 0 aromatic heterocycles. The van der Waals surface area contributed by atoms with Crippen molar-refractivity contribution in [2.24, 2.45) is 5.92 Å². The minimum atomic E-state index is 0.578.